The molecule has 16 heavy (non-hydrogen) atoms. The fourth-order valence-electron chi connectivity index (χ4n) is 0.901. The third-order valence-corrected chi connectivity index (χ3v) is 1.81. The van der Waals surface area contributed by atoms with E-state index in [0.717, 1.165) is 0 Å². The molecule has 0 aromatic rings. The van der Waals surface area contributed by atoms with Gasteiger partial charge in [-0.15, -0.1) is 6.42 Å². The zero-order valence-electron chi connectivity index (χ0n) is 9.28. The molecular weight excluding hydrogens is 212 g/mol. The van der Waals surface area contributed by atoms with Crippen LogP contribution in [0.1, 0.15) is 20.3 Å². The zero-order valence-corrected chi connectivity index (χ0v) is 9.28. The number of carbonyl (C=O) groups excluding carboxylic acids is 1. The Bertz CT molecular complexity index is 306. The Labute approximate surface area is 94.0 Å². The highest BCUT2D eigenvalue weighted by Crippen LogP contribution is 1.99. The Morgan fingerprint density at radius 3 is 2.44 bits per heavy atom. The lowest BCUT2D eigenvalue weighted by Gasteiger charge is -2.21. The van der Waals surface area contributed by atoms with Gasteiger partial charge in [0.05, 0.1) is 5.54 Å². The van der Waals surface area contributed by atoms with Crippen LogP contribution in [-0.4, -0.2) is 40.4 Å². The number of aliphatic hydroxyl groups is 1. The van der Waals surface area contributed by atoms with Gasteiger partial charge in [-0.2, -0.15) is 0 Å². The molecule has 0 spiro atoms. The van der Waals surface area contributed by atoms with Crippen LogP contribution in [0, 0.1) is 12.3 Å². The van der Waals surface area contributed by atoms with E-state index >= 15 is 0 Å². The van der Waals surface area contributed by atoms with Crippen molar-refractivity contribution in [2.45, 2.75) is 31.8 Å². The van der Waals surface area contributed by atoms with Crippen molar-refractivity contribution in [2.75, 3.05) is 6.61 Å². The summed E-state index contributed by atoms with van der Waals surface area (Å²) in [5.41, 5.74) is -0.855. The lowest BCUT2D eigenvalue weighted by Crippen LogP contribution is -2.52. The number of nitrogens with one attached hydrogen (secondary N) is 2. The number of carboxylic acids is 1. The van der Waals surface area contributed by atoms with E-state index in [-0.39, 0.29) is 13.0 Å². The van der Waals surface area contributed by atoms with Gasteiger partial charge in [-0.1, -0.05) is 5.92 Å². The molecule has 1 atom stereocenters. The minimum atomic E-state index is -1.21. The molecule has 0 bridgehead atoms. The molecule has 0 aromatic carbocycles. The highest BCUT2D eigenvalue weighted by molar-refractivity contribution is 5.83. The molecule has 0 aliphatic rings. The van der Waals surface area contributed by atoms with E-state index in [1.165, 1.54) is 0 Å². The Kier molecular flexibility index (Phi) is 5.33. The fraction of sp³-hybridized carbons (Fsp3) is 0.600. The topological polar surface area (TPSA) is 98.7 Å². The number of terminal acetylenes is 1. The third kappa shape index (κ3) is 5.22. The van der Waals surface area contributed by atoms with Crippen LogP contribution in [0.25, 0.3) is 0 Å². The van der Waals surface area contributed by atoms with Crippen molar-refractivity contribution in [1.82, 2.24) is 10.6 Å². The molecule has 0 aliphatic heterocycles. The first-order valence-electron chi connectivity index (χ1n) is 4.72. The lowest BCUT2D eigenvalue weighted by atomic mass is 10.1. The van der Waals surface area contributed by atoms with Gasteiger partial charge in [-0.05, 0) is 13.8 Å². The first-order chi connectivity index (χ1) is 7.32. The Hall–Kier alpha value is -1.74. The molecule has 0 aromatic heterocycles. The fourth-order valence-corrected chi connectivity index (χ4v) is 0.901. The maximum Gasteiger partial charge on any atom is 0.326 e. The monoisotopic (exact) mass is 228 g/mol. The van der Waals surface area contributed by atoms with E-state index in [9.17, 15) is 9.59 Å². The van der Waals surface area contributed by atoms with Crippen LogP contribution < -0.4 is 10.6 Å². The summed E-state index contributed by atoms with van der Waals surface area (Å²) < 4.78 is 0. The zero-order chi connectivity index (χ0) is 12.8. The highest BCUT2D eigenvalue weighted by Gasteiger charge is 2.22. The van der Waals surface area contributed by atoms with Gasteiger partial charge in [0.15, 0.2) is 0 Å². The van der Waals surface area contributed by atoms with Crippen LogP contribution in [0.4, 0.5) is 4.79 Å². The summed E-state index contributed by atoms with van der Waals surface area (Å²) in [6.45, 7) is 2.89. The number of aliphatic hydroxyl groups excluding tert-OH is 1. The predicted molar refractivity (Wildman–Crippen MR) is 57.7 cm³/mol. The van der Waals surface area contributed by atoms with Gasteiger partial charge >= 0.3 is 12.0 Å². The number of aliphatic carboxylic acids is 1. The minimum Gasteiger partial charge on any atom is -0.480 e. The molecule has 0 aliphatic carbocycles. The van der Waals surface area contributed by atoms with Crippen LogP contribution in [0.15, 0.2) is 0 Å². The molecule has 90 valence electrons. The number of carbonyl (C=O) groups is 2. The van der Waals surface area contributed by atoms with Gasteiger partial charge in [-0.25, -0.2) is 9.59 Å². The van der Waals surface area contributed by atoms with E-state index < -0.39 is 23.6 Å². The average molecular weight is 228 g/mol. The molecule has 0 fully saturated rings. The number of rotatable bonds is 5. The summed E-state index contributed by atoms with van der Waals surface area (Å²) in [5.74, 6) is 1.13. The quantitative estimate of drug-likeness (QED) is 0.478. The Morgan fingerprint density at radius 1 is 1.50 bits per heavy atom. The summed E-state index contributed by atoms with van der Waals surface area (Å²) in [4.78, 5) is 22.0. The normalized spacial score (nSPS) is 12.4. The standard InChI is InChI=1S/C10H16N2O4/c1-4-10(2,3)12-9(16)11-7(5-6-13)8(14)15/h1,7,13H,5-6H2,2-3H3,(H,14,15)(H2,11,12,16)/t7-/m1/s1. The van der Waals surface area contributed by atoms with E-state index in [2.05, 4.69) is 16.6 Å². The second-order valence-electron chi connectivity index (χ2n) is 3.77. The van der Waals surface area contributed by atoms with Crippen molar-refractivity contribution in [1.29, 1.82) is 0 Å². The van der Waals surface area contributed by atoms with E-state index in [1.807, 2.05) is 0 Å². The average Bonchev–Trinajstić information content (AvgIpc) is 2.16. The molecular formula is C10H16N2O4. The second kappa shape index (κ2) is 5.98. The van der Waals surface area contributed by atoms with Crippen molar-refractivity contribution in [3.05, 3.63) is 0 Å². The van der Waals surface area contributed by atoms with Gasteiger partial charge in [0.2, 0.25) is 0 Å². The molecule has 6 nitrogen and oxygen atoms in total. The minimum absolute atomic E-state index is 0.0563. The number of hydrogen-bond acceptors (Lipinski definition) is 3. The van der Waals surface area contributed by atoms with E-state index in [4.69, 9.17) is 16.6 Å². The summed E-state index contributed by atoms with van der Waals surface area (Å²) in [6, 6.07) is -1.80. The summed E-state index contributed by atoms with van der Waals surface area (Å²) in [7, 11) is 0. The molecule has 2 amide bonds. The molecule has 6 heteroatoms. The molecule has 0 unspecified atom stereocenters. The van der Waals surface area contributed by atoms with Crippen molar-refractivity contribution in [2.24, 2.45) is 0 Å². The molecule has 0 radical (unpaired) electrons. The summed E-state index contributed by atoms with van der Waals surface area (Å²) in [6.07, 6.45) is 5.10. The van der Waals surface area contributed by atoms with Crippen molar-refractivity contribution < 1.29 is 19.8 Å². The van der Waals surface area contributed by atoms with Gasteiger partial charge in [0, 0.05) is 13.0 Å². The third-order valence-electron chi connectivity index (χ3n) is 1.81. The first-order valence-corrected chi connectivity index (χ1v) is 4.72. The number of carboxylic acid groups (broad SMARTS) is 1. The van der Waals surface area contributed by atoms with Crippen molar-refractivity contribution >= 4 is 12.0 Å². The van der Waals surface area contributed by atoms with Crippen LogP contribution >= 0.6 is 0 Å². The second-order valence-corrected chi connectivity index (χ2v) is 3.77. The molecule has 0 saturated heterocycles. The van der Waals surface area contributed by atoms with Gasteiger partial charge in [0.25, 0.3) is 0 Å². The summed E-state index contributed by atoms with van der Waals surface area (Å²) >= 11 is 0. The molecule has 0 heterocycles. The summed E-state index contributed by atoms with van der Waals surface area (Å²) in [5, 5.41) is 21.9. The molecule has 4 N–H and O–H groups in total. The maximum atomic E-state index is 11.3. The number of amides is 2. The maximum absolute atomic E-state index is 11.3. The number of hydrogen-bond donors (Lipinski definition) is 4. The number of urea groups is 1. The van der Waals surface area contributed by atoms with Gasteiger partial charge < -0.3 is 20.8 Å². The van der Waals surface area contributed by atoms with Crippen LogP contribution in [0.3, 0.4) is 0 Å². The van der Waals surface area contributed by atoms with Crippen LogP contribution in [0.2, 0.25) is 0 Å². The largest absolute Gasteiger partial charge is 0.480 e. The first kappa shape index (κ1) is 14.3. The van der Waals surface area contributed by atoms with E-state index in [0.29, 0.717) is 0 Å². The smallest absolute Gasteiger partial charge is 0.326 e. The van der Waals surface area contributed by atoms with Gasteiger partial charge in [0.1, 0.15) is 6.04 Å². The highest BCUT2D eigenvalue weighted by atomic mass is 16.4. The van der Waals surface area contributed by atoms with Crippen molar-refractivity contribution in [3.8, 4) is 12.3 Å². The molecule has 0 saturated carbocycles. The Balaban J connectivity index is 4.32. The van der Waals surface area contributed by atoms with E-state index in [1.54, 1.807) is 13.8 Å². The van der Waals surface area contributed by atoms with Crippen LogP contribution in [-0.2, 0) is 4.79 Å². The lowest BCUT2D eigenvalue weighted by molar-refractivity contribution is -0.139. The SMILES string of the molecule is C#CC(C)(C)NC(=O)N[C@H](CCO)C(=O)O. The van der Waals surface area contributed by atoms with Crippen LogP contribution in [0.5, 0.6) is 0 Å². The van der Waals surface area contributed by atoms with Gasteiger partial charge in [-0.3, -0.25) is 0 Å². The Morgan fingerprint density at radius 2 is 2.06 bits per heavy atom. The predicted octanol–water partition coefficient (Wildman–Crippen LogP) is -0.467. The molecule has 0 rings (SSSR count). The van der Waals surface area contributed by atoms with Crippen molar-refractivity contribution in [3.63, 3.8) is 0 Å².